The molecule has 3 rings (SSSR count). The van der Waals surface area contributed by atoms with Gasteiger partial charge in [-0.3, -0.25) is 0 Å². The molecule has 1 saturated heterocycles. The molecule has 1 aliphatic heterocycles. The highest BCUT2D eigenvalue weighted by Crippen LogP contribution is 2.38. The number of nitrogens with zero attached hydrogens (tertiary/aromatic N) is 1. The number of rotatable bonds is 4. The molecule has 0 aromatic heterocycles. The highest BCUT2D eigenvalue weighted by molar-refractivity contribution is 7.89. The van der Waals surface area contributed by atoms with Gasteiger partial charge in [0.25, 0.3) is 0 Å². The first-order valence-corrected chi connectivity index (χ1v) is 9.61. The molecule has 1 saturated carbocycles. The molecule has 0 spiro atoms. The SMILES string of the molecule is Cl.NC1CCCC2CN(S(=O)(=O)c3ccc(OC(F)F)c(Cl)c3)CC12. The van der Waals surface area contributed by atoms with Crippen LogP contribution in [0, 0.1) is 11.8 Å². The maximum Gasteiger partial charge on any atom is 0.387 e. The Morgan fingerprint density at radius 3 is 2.60 bits per heavy atom. The fraction of sp³-hybridized carbons (Fsp3) is 0.600. The molecule has 1 heterocycles. The Kier molecular flexibility index (Phi) is 6.54. The fourth-order valence-electron chi connectivity index (χ4n) is 3.65. The molecule has 0 amide bonds. The lowest BCUT2D eigenvalue weighted by Gasteiger charge is -2.29. The van der Waals surface area contributed by atoms with Gasteiger partial charge in [-0.15, -0.1) is 12.4 Å². The van der Waals surface area contributed by atoms with Crippen LogP contribution in [-0.4, -0.2) is 38.5 Å². The van der Waals surface area contributed by atoms with Gasteiger partial charge in [-0.05, 0) is 42.9 Å². The van der Waals surface area contributed by atoms with Crippen LogP contribution in [0.3, 0.4) is 0 Å². The van der Waals surface area contributed by atoms with Gasteiger partial charge < -0.3 is 10.5 Å². The van der Waals surface area contributed by atoms with Crippen molar-refractivity contribution in [3.05, 3.63) is 23.2 Å². The lowest BCUT2D eigenvalue weighted by atomic mass is 9.78. The Morgan fingerprint density at radius 2 is 2.00 bits per heavy atom. The van der Waals surface area contributed by atoms with E-state index in [-0.39, 0.29) is 46.0 Å². The normalized spacial score (nSPS) is 27.0. The molecule has 0 radical (unpaired) electrons. The van der Waals surface area contributed by atoms with Crippen LogP contribution in [0.2, 0.25) is 5.02 Å². The van der Waals surface area contributed by atoms with E-state index in [2.05, 4.69) is 4.74 Å². The monoisotopic (exact) mass is 416 g/mol. The van der Waals surface area contributed by atoms with Crippen LogP contribution >= 0.6 is 24.0 Å². The van der Waals surface area contributed by atoms with Gasteiger partial charge in [-0.2, -0.15) is 13.1 Å². The van der Waals surface area contributed by atoms with Gasteiger partial charge in [0.15, 0.2) is 0 Å². The summed E-state index contributed by atoms with van der Waals surface area (Å²) in [6.07, 6.45) is 2.91. The van der Waals surface area contributed by atoms with Gasteiger partial charge in [0.05, 0.1) is 9.92 Å². The van der Waals surface area contributed by atoms with Crippen LogP contribution in [0.15, 0.2) is 23.1 Å². The van der Waals surface area contributed by atoms with Crippen LogP contribution in [0.25, 0.3) is 0 Å². The van der Waals surface area contributed by atoms with E-state index in [4.69, 9.17) is 17.3 Å². The Morgan fingerprint density at radius 1 is 1.28 bits per heavy atom. The van der Waals surface area contributed by atoms with Crippen molar-refractivity contribution >= 4 is 34.0 Å². The number of alkyl halides is 2. The summed E-state index contributed by atoms with van der Waals surface area (Å²) >= 11 is 5.87. The largest absolute Gasteiger partial charge is 0.433 e. The van der Waals surface area contributed by atoms with Gasteiger partial charge in [-0.25, -0.2) is 8.42 Å². The van der Waals surface area contributed by atoms with Crippen molar-refractivity contribution in [3.63, 3.8) is 0 Å². The van der Waals surface area contributed by atoms with Gasteiger partial charge in [0.1, 0.15) is 5.75 Å². The Balaban J connectivity index is 0.00000225. The third-order valence-corrected chi connectivity index (χ3v) is 7.00. The van der Waals surface area contributed by atoms with E-state index in [1.165, 1.54) is 10.4 Å². The standard InChI is InChI=1S/C15H19ClF2N2O3S.ClH/c16-12-6-10(4-5-14(12)23-15(17)18)24(21,22)20-7-9-2-1-3-13(19)11(9)8-20;/h4-6,9,11,13,15H,1-3,7-8,19H2;1H. The molecule has 3 atom stereocenters. The molecule has 0 bridgehead atoms. The molecule has 10 heteroatoms. The molecule has 1 aliphatic carbocycles. The van der Waals surface area contributed by atoms with Crippen molar-refractivity contribution in [2.24, 2.45) is 17.6 Å². The predicted octanol–water partition coefficient (Wildman–Crippen LogP) is 3.11. The first-order chi connectivity index (χ1) is 11.3. The number of hydrogen-bond acceptors (Lipinski definition) is 4. The molecule has 25 heavy (non-hydrogen) atoms. The maximum atomic E-state index is 12.8. The van der Waals surface area contributed by atoms with Crippen molar-refractivity contribution < 1.29 is 21.9 Å². The molecular weight excluding hydrogens is 397 g/mol. The maximum absolute atomic E-state index is 12.8. The molecule has 142 valence electrons. The Bertz CT molecular complexity index is 721. The zero-order valence-corrected chi connectivity index (χ0v) is 15.7. The number of halogens is 4. The van der Waals surface area contributed by atoms with Crippen LogP contribution in [0.5, 0.6) is 5.75 Å². The second-order valence-electron chi connectivity index (χ2n) is 6.31. The number of fused-ring (bicyclic) bond motifs is 1. The van der Waals surface area contributed by atoms with Crippen molar-refractivity contribution in [1.29, 1.82) is 0 Å². The summed E-state index contributed by atoms with van der Waals surface area (Å²) in [5.41, 5.74) is 6.12. The molecule has 2 aliphatic rings. The topological polar surface area (TPSA) is 72.6 Å². The van der Waals surface area contributed by atoms with E-state index in [0.717, 1.165) is 31.4 Å². The van der Waals surface area contributed by atoms with Gasteiger partial charge in [-0.1, -0.05) is 18.0 Å². The van der Waals surface area contributed by atoms with E-state index in [1.807, 2.05) is 0 Å². The molecule has 2 N–H and O–H groups in total. The summed E-state index contributed by atoms with van der Waals surface area (Å²) in [6.45, 7) is -2.19. The average molecular weight is 417 g/mol. The summed E-state index contributed by atoms with van der Waals surface area (Å²) in [7, 11) is -3.74. The summed E-state index contributed by atoms with van der Waals surface area (Å²) in [4.78, 5) is -0.0265. The highest BCUT2D eigenvalue weighted by atomic mass is 35.5. The zero-order valence-electron chi connectivity index (χ0n) is 13.3. The van der Waals surface area contributed by atoms with Crippen LogP contribution < -0.4 is 10.5 Å². The minimum Gasteiger partial charge on any atom is -0.433 e. The smallest absolute Gasteiger partial charge is 0.387 e. The van der Waals surface area contributed by atoms with E-state index < -0.39 is 16.6 Å². The van der Waals surface area contributed by atoms with E-state index >= 15 is 0 Å². The Labute approximate surface area is 156 Å². The molecule has 1 aromatic rings. The second kappa shape index (κ2) is 7.92. The minimum atomic E-state index is -3.74. The van der Waals surface area contributed by atoms with Gasteiger partial charge in [0.2, 0.25) is 10.0 Å². The lowest BCUT2D eigenvalue weighted by Crippen LogP contribution is -2.38. The molecule has 5 nitrogen and oxygen atoms in total. The van der Waals surface area contributed by atoms with Gasteiger partial charge >= 0.3 is 6.61 Å². The third kappa shape index (κ3) is 4.19. The first kappa shape index (κ1) is 20.6. The lowest BCUT2D eigenvalue weighted by molar-refractivity contribution is -0.0498. The highest BCUT2D eigenvalue weighted by Gasteiger charge is 2.43. The van der Waals surface area contributed by atoms with Crippen molar-refractivity contribution in [3.8, 4) is 5.75 Å². The van der Waals surface area contributed by atoms with Crippen molar-refractivity contribution in [2.75, 3.05) is 13.1 Å². The first-order valence-electron chi connectivity index (χ1n) is 7.79. The third-order valence-electron chi connectivity index (χ3n) is 4.88. The zero-order chi connectivity index (χ0) is 17.5. The molecule has 3 unspecified atom stereocenters. The van der Waals surface area contributed by atoms with E-state index in [9.17, 15) is 17.2 Å². The summed E-state index contributed by atoms with van der Waals surface area (Å²) in [6, 6.07) is 3.56. The van der Waals surface area contributed by atoms with Crippen molar-refractivity contribution in [2.45, 2.75) is 36.8 Å². The quantitative estimate of drug-likeness (QED) is 0.817. The number of ether oxygens (including phenoxy) is 1. The molecular formula is C15H20Cl2F2N2O3S. The molecule has 2 fully saturated rings. The average Bonchev–Trinajstić information content (AvgIpc) is 2.95. The van der Waals surface area contributed by atoms with Gasteiger partial charge in [0, 0.05) is 19.1 Å². The van der Waals surface area contributed by atoms with Crippen LogP contribution in [0.4, 0.5) is 8.78 Å². The number of sulfonamides is 1. The summed E-state index contributed by atoms with van der Waals surface area (Å²) in [5, 5.41) is -0.162. The summed E-state index contributed by atoms with van der Waals surface area (Å²) in [5.74, 6) is 0.202. The Hall–Kier alpha value is -0.670. The fourth-order valence-corrected chi connectivity index (χ4v) is 5.51. The minimum absolute atomic E-state index is 0. The van der Waals surface area contributed by atoms with Crippen LogP contribution in [0.1, 0.15) is 19.3 Å². The van der Waals surface area contributed by atoms with E-state index in [1.54, 1.807) is 0 Å². The molecule has 1 aromatic carbocycles. The number of benzene rings is 1. The van der Waals surface area contributed by atoms with E-state index in [0.29, 0.717) is 13.1 Å². The van der Waals surface area contributed by atoms with Crippen molar-refractivity contribution in [1.82, 2.24) is 4.31 Å². The predicted molar refractivity (Wildman–Crippen MR) is 92.9 cm³/mol. The van der Waals surface area contributed by atoms with Crippen LogP contribution in [-0.2, 0) is 10.0 Å². The second-order valence-corrected chi connectivity index (χ2v) is 8.66. The number of hydrogen-bond donors (Lipinski definition) is 1. The number of nitrogens with two attached hydrogens (primary N) is 1. The summed E-state index contributed by atoms with van der Waals surface area (Å²) < 4.78 is 55.8.